The molecule has 0 aromatic carbocycles. The molecule has 0 aliphatic heterocycles. The largest absolute Gasteiger partial charge is 0.396 e. The third-order valence-corrected chi connectivity index (χ3v) is 1.97. The lowest BCUT2D eigenvalue weighted by atomic mass is 10.3. The summed E-state index contributed by atoms with van der Waals surface area (Å²) in [6.07, 6.45) is 3.53. The highest BCUT2D eigenvalue weighted by Gasteiger charge is 2.04. The lowest BCUT2D eigenvalue weighted by Gasteiger charge is -2.05. The molecule has 1 aromatic heterocycles. The van der Waals surface area contributed by atoms with Crippen molar-refractivity contribution in [3.05, 3.63) is 11.9 Å². The minimum atomic E-state index is 0.138. The van der Waals surface area contributed by atoms with Gasteiger partial charge in [0.25, 0.3) is 0 Å². The predicted octanol–water partition coefficient (Wildman–Crippen LogP) is 0.784. The summed E-state index contributed by atoms with van der Waals surface area (Å²) in [6, 6.07) is 0.393. The van der Waals surface area contributed by atoms with Gasteiger partial charge in [-0.05, 0) is 13.3 Å². The maximum Gasteiger partial charge on any atom is 0.0850 e. The molecule has 0 saturated heterocycles. The summed E-state index contributed by atoms with van der Waals surface area (Å²) in [5.41, 5.74) is 0.859. The second kappa shape index (κ2) is 4.21. The Labute approximate surface area is 72.2 Å². The summed E-state index contributed by atoms with van der Waals surface area (Å²) >= 11 is 0. The van der Waals surface area contributed by atoms with E-state index in [0.29, 0.717) is 12.5 Å². The Kier molecular flexibility index (Phi) is 3.22. The summed E-state index contributed by atoms with van der Waals surface area (Å²) in [5, 5.41) is 16.5. The van der Waals surface area contributed by atoms with Crippen LogP contribution in [0.4, 0.5) is 0 Å². The number of hydrogen-bond acceptors (Lipinski definition) is 3. The number of nitrogens with zero attached hydrogens (tertiary/aromatic N) is 3. The van der Waals surface area contributed by atoms with Gasteiger partial charge in [0.1, 0.15) is 0 Å². The number of rotatable bonds is 4. The van der Waals surface area contributed by atoms with E-state index in [9.17, 15) is 0 Å². The van der Waals surface area contributed by atoms with Crippen molar-refractivity contribution in [3.8, 4) is 0 Å². The van der Waals surface area contributed by atoms with Crippen molar-refractivity contribution in [2.24, 2.45) is 0 Å². The van der Waals surface area contributed by atoms with E-state index < -0.39 is 0 Å². The first kappa shape index (κ1) is 9.19. The third-order valence-electron chi connectivity index (χ3n) is 1.97. The van der Waals surface area contributed by atoms with E-state index in [1.54, 1.807) is 0 Å². The van der Waals surface area contributed by atoms with Crippen LogP contribution in [0.5, 0.6) is 0 Å². The van der Waals surface area contributed by atoms with Crippen LogP contribution in [0.15, 0.2) is 6.20 Å². The normalized spacial score (nSPS) is 13.2. The van der Waals surface area contributed by atoms with Crippen molar-refractivity contribution in [2.75, 3.05) is 6.61 Å². The standard InChI is InChI=1S/C8H15N3O/c1-3-7(2)11-6-8(4-5-12)9-10-11/h6-7,12H,3-5H2,1-2H3. The molecule has 0 amide bonds. The van der Waals surface area contributed by atoms with Crippen LogP contribution < -0.4 is 0 Å². The molecular weight excluding hydrogens is 154 g/mol. The van der Waals surface area contributed by atoms with Crippen LogP contribution in [0.1, 0.15) is 32.0 Å². The highest BCUT2D eigenvalue weighted by Crippen LogP contribution is 2.07. The molecule has 4 nitrogen and oxygen atoms in total. The first-order valence-corrected chi connectivity index (χ1v) is 4.29. The Morgan fingerprint density at radius 1 is 1.67 bits per heavy atom. The van der Waals surface area contributed by atoms with Crippen LogP contribution in [0.25, 0.3) is 0 Å². The van der Waals surface area contributed by atoms with Gasteiger partial charge in [-0.2, -0.15) is 0 Å². The van der Waals surface area contributed by atoms with E-state index in [0.717, 1.165) is 12.1 Å². The van der Waals surface area contributed by atoms with Crippen LogP contribution in [0, 0.1) is 0 Å². The van der Waals surface area contributed by atoms with Gasteiger partial charge >= 0.3 is 0 Å². The van der Waals surface area contributed by atoms with E-state index in [-0.39, 0.29) is 6.61 Å². The van der Waals surface area contributed by atoms with Gasteiger partial charge in [0, 0.05) is 19.2 Å². The van der Waals surface area contributed by atoms with E-state index in [1.165, 1.54) is 0 Å². The van der Waals surface area contributed by atoms with Gasteiger partial charge < -0.3 is 5.11 Å². The summed E-state index contributed by atoms with van der Waals surface area (Å²) in [4.78, 5) is 0. The van der Waals surface area contributed by atoms with Crippen LogP contribution >= 0.6 is 0 Å². The van der Waals surface area contributed by atoms with Crippen molar-refractivity contribution in [2.45, 2.75) is 32.7 Å². The third kappa shape index (κ3) is 2.04. The topological polar surface area (TPSA) is 50.9 Å². The molecule has 0 saturated carbocycles. The number of aromatic nitrogens is 3. The van der Waals surface area contributed by atoms with Gasteiger partial charge in [-0.25, -0.2) is 4.68 Å². The van der Waals surface area contributed by atoms with Crippen molar-refractivity contribution < 1.29 is 5.11 Å². The van der Waals surface area contributed by atoms with E-state index in [4.69, 9.17) is 5.11 Å². The molecule has 1 rings (SSSR count). The fraction of sp³-hybridized carbons (Fsp3) is 0.750. The summed E-state index contributed by atoms with van der Waals surface area (Å²) in [7, 11) is 0. The van der Waals surface area contributed by atoms with Crippen LogP contribution in [-0.4, -0.2) is 26.7 Å². The fourth-order valence-corrected chi connectivity index (χ4v) is 0.945. The molecule has 1 unspecified atom stereocenters. The molecule has 0 aliphatic rings. The minimum Gasteiger partial charge on any atom is -0.396 e. The molecule has 4 heteroatoms. The molecular formula is C8H15N3O. The Hall–Kier alpha value is -0.900. The lowest BCUT2D eigenvalue weighted by molar-refractivity contribution is 0.298. The zero-order chi connectivity index (χ0) is 8.97. The van der Waals surface area contributed by atoms with Crippen molar-refractivity contribution in [1.29, 1.82) is 0 Å². The van der Waals surface area contributed by atoms with Crippen molar-refractivity contribution >= 4 is 0 Å². The van der Waals surface area contributed by atoms with Crippen LogP contribution in [0.3, 0.4) is 0 Å². The summed E-state index contributed by atoms with van der Waals surface area (Å²) in [5.74, 6) is 0. The maximum atomic E-state index is 8.65. The Balaban J connectivity index is 2.63. The molecule has 0 bridgehead atoms. The maximum absolute atomic E-state index is 8.65. The van der Waals surface area contributed by atoms with Crippen molar-refractivity contribution in [3.63, 3.8) is 0 Å². The highest BCUT2D eigenvalue weighted by molar-refractivity contribution is 4.92. The zero-order valence-corrected chi connectivity index (χ0v) is 7.56. The molecule has 0 radical (unpaired) electrons. The molecule has 12 heavy (non-hydrogen) atoms. The first-order valence-electron chi connectivity index (χ1n) is 4.29. The lowest BCUT2D eigenvalue weighted by Crippen LogP contribution is -2.03. The van der Waals surface area contributed by atoms with E-state index in [1.807, 2.05) is 10.9 Å². The van der Waals surface area contributed by atoms with Gasteiger partial charge in [-0.3, -0.25) is 0 Å². The Morgan fingerprint density at radius 2 is 2.42 bits per heavy atom. The average Bonchev–Trinajstić information content (AvgIpc) is 2.52. The van der Waals surface area contributed by atoms with E-state index >= 15 is 0 Å². The number of aliphatic hydroxyl groups is 1. The van der Waals surface area contributed by atoms with Crippen molar-refractivity contribution in [1.82, 2.24) is 15.0 Å². The fourth-order valence-electron chi connectivity index (χ4n) is 0.945. The molecule has 1 atom stereocenters. The average molecular weight is 169 g/mol. The monoisotopic (exact) mass is 169 g/mol. The van der Waals surface area contributed by atoms with Gasteiger partial charge in [-0.15, -0.1) is 5.10 Å². The smallest absolute Gasteiger partial charge is 0.0850 e. The molecule has 68 valence electrons. The summed E-state index contributed by atoms with van der Waals surface area (Å²) < 4.78 is 1.84. The second-order valence-electron chi connectivity index (χ2n) is 2.92. The quantitative estimate of drug-likeness (QED) is 0.724. The molecule has 1 heterocycles. The molecule has 0 fully saturated rings. The molecule has 1 N–H and O–H groups in total. The summed E-state index contributed by atoms with van der Waals surface area (Å²) in [6.45, 7) is 4.34. The van der Waals surface area contributed by atoms with Gasteiger partial charge in [-0.1, -0.05) is 12.1 Å². The molecule has 0 spiro atoms. The molecule has 1 aromatic rings. The van der Waals surface area contributed by atoms with Gasteiger partial charge in [0.05, 0.1) is 11.7 Å². The van der Waals surface area contributed by atoms with Crippen LogP contribution in [0.2, 0.25) is 0 Å². The minimum absolute atomic E-state index is 0.138. The SMILES string of the molecule is CCC(C)n1cc(CCO)nn1. The predicted molar refractivity (Wildman–Crippen MR) is 45.8 cm³/mol. The Morgan fingerprint density at radius 3 is 3.00 bits per heavy atom. The van der Waals surface area contributed by atoms with Gasteiger partial charge in [0.15, 0.2) is 0 Å². The van der Waals surface area contributed by atoms with Gasteiger partial charge in [0.2, 0.25) is 0 Å². The van der Waals surface area contributed by atoms with E-state index in [2.05, 4.69) is 24.2 Å². The molecule has 0 aliphatic carbocycles. The highest BCUT2D eigenvalue weighted by atomic mass is 16.3. The zero-order valence-electron chi connectivity index (χ0n) is 7.56. The van der Waals surface area contributed by atoms with Crippen LogP contribution in [-0.2, 0) is 6.42 Å². The number of aliphatic hydroxyl groups excluding tert-OH is 1. The first-order chi connectivity index (χ1) is 5.77. The Bertz CT molecular complexity index is 234. The second-order valence-corrected chi connectivity index (χ2v) is 2.92. The number of hydrogen-bond donors (Lipinski definition) is 1.